The molecule has 0 aliphatic heterocycles. The van der Waals surface area contributed by atoms with Gasteiger partial charge in [0.25, 0.3) is 5.56 Å². The smallest absolute Gasteiger partial charge is 0.269 e. The van der Waals surface area contributed by atoms with Crippen molar-refractivity contribution < 1.29 is 4.79 Å². The molecule has 0 fully saturated rings. The Morgan fingerprint density at radius 3 is 2.54 bits per heavy atom. The molecule has 1 heterocycles. The van der Waals surface area contributed by atoms with Gasteiger partial charge in [0.15, 0.2) is 0 Å². The van der Waals surface area contributed by atoms with Crippen LogP contribution >= 0.6 is 0 Å². The fraction of sp³-hybridized carbons (Fsp3) is 0.500. The minimum Gasteiger partial charge on any atom is -0.353 e. The summed E-state index contributed by atoms with van der Waals surface area (Å²) >= 11 is 0. The van der Waals surface area contributed by atoms with Crippen molar-refractivity contribution in [3.05, 3.63) is 40.8 Å². The maximum atomic E-state index is 12.2. The highest BCUT2D eigenvalue weighted by Gasteiger charge is 2.13. The van der Waals surface area contributed by atoms with Crippen molar-refractivity contribution in [1.29, 1.82) is 0 Å². The van der Waals surface area contributed by atoms with E-state index in [0.717, 1.165) is 6.54 Å². The zero-order chi connectivity index (χ0) is 17.7. The summed E-state index contributed by atoms with van der Waals surface area (Å²) in [6.45, 7) is 9.93. The molecule has 24 heavy (non-hydrogen) atoms. The molecule has 1 N–H and O–H groups in total. The summed E-state index contributed by atoms with van der Waals surface area (Å²) in [5.74, 6) is -0.166. The summed E-state index contributed by atoms with van der Waals surface area (Å²) in [6, 6.07) is 8.17. The van der Waals surface area contributed by atoms with Crippen LogP contribution in [0.2, 0.25) is 0 Å². The van der Waals surface area contributed by atoms with Gasteiger partial charge in [0.05, 0.1) is 17.2 Å². The lowest BCUT2D eigenvalue weighted by atomic mass is 10.2. The van der Waals surface area contributed by atoms with Gasteiger partial charge in [-0.25, -0.2) is 4.98 Å². The Kier molecular flexibility index (Phi) is 6.09. The molecule has 0 spiro atoms. The van der Waals surface area contributed by atoms with Crippen LogP contribution in [0.5, 0.6) is 0 Å². The van der Waals surface area contributed by atoms with Gasteiger partial charge in [0, 0.05) is 25.2 Å². The van der Waals surface area contributed by atoms with Gasteiger partial charge in [0.1, 0.15) is 6.54 Å². The van der Waals surface area contributed by atoms with Crippen molar-refractivity contribution in [3.8, 4) is 0 Å². The normalized spacial score (nSPS) is 11.6. The average Bonchev–Trinajstić information content (AvgIpc) is 2.53. The predicted octanol–water partition coefficient (Wildman–Crippen LogP) is 1.63. The number of carbonyl (C=O) groups is 1. The molecule has 130 valence electrons. The van der Waals surface area contributed by atoms with E-state index in [4.69, 9.17) is 0 Å². The third-order valence-electron chi connectivity index (χ3n) is 4.07. The van der Waals surface area contributed by atoms with E-state index in [2.05, 4.69) is 42.9 Å². The second-order valence-corrected chi connectivity index (χ2v) is 6.45. The molecule has 1 aromatic heterocycles. The fourth-order valence-corrected chi connectivity index (χ4v) is 2.91. The van der Waals surface area contributed by atoms with Crippen LogP contribution in [-0.4, -0.2) is 45.5 Å². The number of amides is 1. The molecular formula is C18H26N4O2. The van der Waals surface area contributed by atoms with Gasteiger partial charge in [-0.2, -0.15) is 0 Å². The Morgan fingerprint density at radius 1 is 1.21 bits per heavy atom. The number of fused-ring (bicyclic) bond motifs is 1. The molecule has 6 heteroatoms. The molecule has 0 aliphatic rings. The van der Waals surface area contributed by atoms with Crippen molar-refractivity contribution in [2.24, 2.45) is 0 Å². The summed E-state index contributed by atoms with van der Waals surface area (Å²) in [6.07, 6.45) is 1.26. The van der Waals surface area contributed by atoms with Gasteiger partial charge in [-0.05, 0) is 39.8 Å². The highest BCUT2D eigenvalue weighted by Crippen LogP contribution is 2.08. The van der Waals surface area contributed by atoms with E-state index >= 15 is 0 Å². The Labute approximate surface area is 142 Å². The van der Waals surface area contributed by atoms with Crippen LogP contribution in [0.15, 0.2) is 35.3 Å². The topological polar surface area (TPSA) is 67.2 Å². The molecule has 0 bridgehead atoms. The largest absolute Gasteiger partial charge is 0.353 e. The van der Waals surface area contributed by atoms with E-state index < -0.39 is 0 Å². The van der Waals surface area contributed by atoms with Gasteiger partial charge < -0.3 is 5.32 Å². The third kappa shape index (κ3) is 4.41. The van der Waals surface area contributed by atoms with Gasteiger partial charge in [-0.3, -0.25) is 19.1 Å². The van der Waals surface area contributed by atoms with Crippen LogP contribution < -0.4 is 10.9 Å². The zero-order valence-corrected chi connectivity index (χ0v) is 14.8. The number of nitrogens with one attached hydrogen (secondary N) is 1. The van der Waals surface area contributed by atoms with Crippen LogP contribution in [0, 0.1) is 0 Å². The van der Waals surface area contributed by atoms with Crippen molar-refractivity contribution >= 4 is 16.9 Å². The molecule has 1 amide bonds. The number of hydrogen-bond acceptors (Lipinski definition) is 4. The molecule has 0 saturated heterocycles. The van der Waals surface area contributed by atoms with E-state index in [1.807, 2.05) is 18.2 Å². The van der Waals surface area contributed by atoms with E-state index in [0.29, 0.717) is 29.7 Å². The van der Waals surface area contributed by atoms with Crippen LogP contribution in [0.25, 0.3) is 11.0 Å². The number of benzene rings is 1. The van der Waals surface area contributed by atoms with Crippen molar-refractivity contribution in [2.45, 2.75) is 46.3 Å². The first kappa shape index (κ1) is 18.1. The molecule has 1 aromatic carbocycles. The summed E-state index contributed by atoms with van der Waals surface area (Å²) in [5, 5.41) is 2.90. The Bertz CT molecular complexity index is 744. The number of aromatic nitrogens is 2. The Hall–Kier alpha value is -2.21. The average molecular weight is 330 g/mol. The first-order valence-electron chi connectivity index (χ1n) is 8.37. The van der Waals surface area contributed by atoms with Gasteiger partial charge >= 0.3 is 0 Å². The number of nitrogens with zero attached hydrogens (tertiary/aromatic N) is 3. The zero-order valence-electron chi connectivity index (χ0n) is 14.8. The van der Waals surface area contributed by atoms with Crippen LogP contribution in [0.4, 0.5) is 0 Å². The lowest BCUT2D eigenvalue weighted by molar-refractivity contribution is -0.121. The van der Waals surface area contributed by atoms with E-state index in [1.165, 1.54) is 10.8 Å². The fourth-order valence-electron chi connectivity index (χ4n) is 2.91. The summed E-state index contributed by atoms with van der Waals surface area (Å²) in [4.78, 5) is 30.7. The highest BCUT2D eigenvalue weighted by molar-refractivity contribution is 5.79. The Morgan fingerprint density at radius 2 is 1.88 bits per heavy atom. The number of hydrogen-bond donors (Lipinski definition) is 1. The van der Waals surface area contributed by atoms with E-state index in [-0.39, 0.29) is 18.0 Å². The Balaban J connectivity index is 2.01. The van der Waals surface area contributed by atoms with Crippen LogP contribution in [-0.2, 0) is 11.3 Å². The number of carbonyl (C=O) groups excluding carboxylic acids is 1. The second-order valence-electron chi connectivity index (χ2n) is 6.45. The number of rotatable bonds is 7. The van der Waals surface area contributed by atoms with E-state index in [9.17, 15) is 9.59 Å². The minimum absolute atomic E-state index is 0.00518. The molecule has 0 aliphatic carbocycles. The van der Waals surface area contributed by atoms with Crippen LogP contribution in [0.1, 0.15) is 27.7 Å². The third-order valence-corrected chi connectivity index (χ3v) is 4.07. The predicted molar refractivity (Wildman–Crippen MR) is 96.0 cm³/mol. The minimum atomic E-state index is -0.269. The van der Waals surface area contributed by atoms with E-state index in [1.54, 1.807) is 6.07 Å². The van der Waals surface area contributed by atoms with Crippen molar-refractivity contribution in [1.82, 2.24) is 19.8 Å². The molecule has 2 aromatic rings. The van der Waals surface area contributed by atoms with Gasteiger partial charge in [-0.15, -0.1) is 0 Å². The first-order valence-corrected chi connectivity index (χ1v) is 8.37. The van der Waals surface area contributed by atoms with Crippen molar-refractivity contribution in [2.75, 3.05) is 13.1 Å². The lowest BCUT2D eigenvalue weighted by Gasteiger charge is -2.30. The lowest BCUT2D eigenvalue weighted by Crippen LogP contribution is -2.43. The highest BCUT2D eigenvalue weighted by atomic mass is 16.2. The molecular weight excluding hydrogens is 304 g/mol. The van der Waals surface area contributed by atoms with Crippen LogP contribution in [0.3, 0.4) is 0 Å². The quantitative estimate of drug-likeness (QED) is 0.838. The molecule has 0 atom stereocenters. The standard InChI is InChI=1S/C18H26N4O2/c1-13(2)21(14(3)4)10-9-19-17(23)12-22-16-8-6-5-7-15(16)20-11-18(22)24/h5-8,11,13-14H,9-10,12H2,1-4H3,(H,19,23). The molecule has 0 radical (unpaired) electrons. The summed E-state index contributed by atoms with van der Waals surface area (Å²) in [5.41, 5.74) is 1.11. The number of para-hydroxylation sites is 2. The summed E-state index contributed by atoms with van der Waals surface area (Å²) < 4.78 is 1.46. The van der Waals surface area contributed by atoms with Gasteiger partial charge in [-0.1, -0.05) is 12.1 Å². The first-order chi connectivity index (χ1) is 11.4. The maximum Gasteiger partial charge on any atom is 0.269 e. The molecule has 0 saturated carbocycles. The molecule has 2 rings (SSSR count). The van der Waals surface area contributed by atoms with Gasteiger partial charge in [0.2, 0.25) is 5.91 Å². The SMILES string of the molecule is CC(C)N(CCNC(=O)Cn1c(=O)cnc2ccccc21)C(C)C. The monoisotopic (exact) mass is 330 g/mol. The maximum absolute atomic E-state index is 12.2. The summed E-state index contributed by atoms with van der Waals surface area (Å²) in [7, 11) is 0. The van der Waals surface area contributed by atoms with Crippen molar-refractivity contribution in [3.63, 3.8) is 0 Å². The molecule has 0 unspecified atom stereocenters. The second kappa shape index (κ2) is 8.06. The molecule has 6 nitrogen and oxygen atoms in total.